The molecule has 4 amide bonds. The summed E-state index contributed by atoms with van der Waals surface area (Å²) >= 11 is 0. The monoisotopic (exact) mass is 1050 g/mol. The van der Waals surface area contributed by atoms with Crippen LogP contribution in [0, 0.1) is 11.8 Å². The van der Waals surface area contributed by atoms with Crippen molar-refractivity contribution in [2.24, 2.45) is 11.8 Å². The fourth-order valence-corrected chi connectivity index (χ4v) is 10.7. The van der Waals surface area contributed by atoms with Crippen LogP contribution in [0.1, 0.15) is 119 Å². The van der Waals surface area contributed by atoms with Gasteiger partial charge in [0.2, 0.25) is 11.8 Å². The van der Waals surface area contributed by atoms with Gasteiger partial charge in [0, 0.05) is 13.1 Å². The van der Waals surface area contributed by atoms with Crippen LogP contribution in [0.15, 0.2) is 60.8 Å². The number of benzene rings is 3. The molecule has 3 fully saturated rings. The van der Waals surface area contributed by atoms with Crippen LogP contribution in [0.2, 0.25) is 0 Å². The van der Waals surface area contributed by atoms with E-state index in [4.69, 9.17) is 57.9 Å². The number of nitrogens with zero attached hydrogens (tertiary/aromatic N) is 4. The Morgan fingerprint density at radius 3 is 1.58 bits per heavy atom. The van der Waals surface area contributed by atoms with Gasteiger partial charge in [-0.3, -0.25) is 9.59 Å². The molecule has 9 rings (SSSR count). The molecule has 2 aromatic heterocycles. The maximum absolute atomic E-state index is 13.8. The normalized spacial score (nSPS) is 20.0. The van der Waals surface area contributed by atoms with E-state index in [2.05, 4.69) is 75.2 Å². The van der Waals surface area contributed by atoms with Crippen LogP contribution in [0.4, 0.5) is 9.59 Å². The van der Waals surface area contributed by atoms with Crippen molar-refractivity contribution in [2.75, 3.05) is 27.3 Å². The molecule has 24 heteroatoms. The number of fused-ring (bicyclic) bond motifs is 6. The molecule has 3 aromatic carbocycles. The van der Waals surface area contributed by atoms with Gasteiger partial charge in [-0.05, 0) is 120 Å². The molecule has 2 aliphatic heterocycles. The minimum absolute atomic E-state index is 0.102. The molecule has 73 heavy (non-hydrogen) atoms. The van der Waals surface area contributed by atoms with E-state index >= 15 is 0 Å². The van der Waals surface area contributed by atoms with Gasteiger partial charge >= 0.3 is 27.8 Å². The molecule has 0 spiro atoms. The van der Waals surface area contributed by atoms with Crippen molar-refractivity contribution in [1.82, 2.24) is 40.4 Å². The molecular formula is C49H64N8O14P2. The van der Waals surface area contributed by atoms with Crippen molar-refractivity contribution in [3.05, 3.63) is 83.6 Å². The first-order chi connectivity index (χ1) is 34.4. The van der Waals surface area contributed by atoms with Gasteiger partial charge < -0.3 is 69.2 Å². The van der Waals surface area contributed by atoms with Crippen molar-refractivity contribution in [2.45, 2.75) is 109 Å². The second kappa shape index (κ2) is 22.7. The molecule has 0 radical (unpaired) electrons. The highest BCUT2D eigenvalue weighted by atomic mass is 31.2. The summed E-state index contributed by atoms with van der Waals surface area (Å²) in [4.78, 5) is 115. The molecule has 394 valence electrons. The van der Waals surface area contributed by atoms with E-state index in [0.29, 0.717) is 24.9 Å². The number of carbonyl (C=O) groups excluding carboxylic acids is 4. The molecule has 6 atom stereocenters. The van der Waals surface area contributed by atoms with E-state index in [0.717, 1.165) is 65.2 Å². The van der Waals surface area contributed by atoms with Gasteiger partial charge in [-0.15, -0.1) is 0 Å². The molecule has 0 unspecified atom stereocenters. The Kier molecular flexibility index (Phi) is 17.0. The number of likely N-dealkylation sites (tertiary alicyclic amines) is 2. The smallest absolute Gasteiger partial charge is 0.453 e. The highest BCUT2D eigenvalue weighted by Gasteiger charge is 2.42. The van der Waals surface area contributed by atoms with Crippen LogP contribution < -0.4 is 10.6 Å². The Morgan fingerprint density at radius 1 is 0.644 bits per heavy atom. The lowest BCUT2D eigenvalue weighted by molar-refractivity contribution is -0.136. The van der Waals surface area contributed by atoms with Gasteiger partial charge in [-0.2, -0.15) is 0 Å². The fourth-order valence-electron chi connectivity index (χ4n) is 10.7. The number of rotatable bonds is 11. The number of aromatic nitrogens is 4. The number of methoxy groups -OCH3 is 2. The number of nitrogens with one attached hydrogen (secondary N) is 4. The van der Waals surface area contributed by atoms with Crippen molar-refractivity contribution in [3.63, 3.8) is 0 Å². The minimum atomic E-state index is -4.64. The summed E-state index contributed by atoms with van der Waals surface area (Å²) in [6.07, 6.45) is 7.49. The second-order valence-corrected chi connectivity index (χ2v) is 21.5. The number of imidazole rings is 2. The van der Waals surface area contributed by atoms with Crippen LogP contribution in [0.5, 0.6) is 0 Å². The lowest BCUT2D eigenvalue weighted by Gasteiger charge is -2.30. The lowest BCUT2D eigenvalue weighted by Crippen LogP contribution is -2.51. The van der Waals surface area contributed by atoms with E-state index in [1.165, 1.54) is 61.3 Å². The molecule has 4 aliphatic rings. The highest BCUT2D eigenvalue weighted by molar-refractivity contribution is 7.45. The van der Waals surface area contributed by atoms with Crippen molar-refractivity contribution >= 4 is 50.7 Å². The van der Waals surface area contributed by atoms with Crippen LogP contribution >= 0.6 is 15.6 Å². The van der Waals surface area contributed by atoms with E-state index in [-0.39, 0.29) is 35.7 Å². The topological polar surface area (TPSA) is 330 Å². The lowest BCUT2D eigenvalue weighted by atomic mass is 9.81. The Bertz CT molecular complexity index is 2880. The average Bonchev–Trinajstić information content (AvgIpc) is 4.20. The molecule has 22 nitrogen and oxygen atoms in total. The Balaban J connectivity index is 0.000000713. The SMILES string of the molecule is COC(=O)N[C@H](C(=O)N1CCC[C@H]1c1ncc(-c2ccc(-c3ccc(-c4ccc5nc([C@@H]6CCCN6C(=O)[C@@H](NC(=O)OC)C(C)C)[nH]c5c4)c4c3[C@@H]3CC[C@H]4C3)cc2)[nH]1)C(C)C.O=P(O)(O)O.O=P(O)(O)O. The molecular weight excluding hydrogens is 987 g/mol. The van der Waals surface area contributed by atoms with Gasteiger partial charge in [0.15, 0.2) is 0 Å². The Labute approximate surface area is 421 Å². The van der Waals surface area contributed by atoms with Crippen molar-refractivity contribution < 1.29 is 67.1 Å². The number of hydrogen-bond acceptors (Lipinski definition) is 10. The fraction of sp³-hybridized carbons (Fsp3) is 0.469. The number of amides is 4. The number of carbonyl (C=O) groups is 4. The zero-order valence-corrected chi connectivity index (χ0v) is 43.2. The summed E-state index contributed by atoms with van der Waals surface area (Å²) < 4.78 is 27.4. The number of alkyl carbamates (subject to hydrolysis) is 2. The third-order valence-corrected chi connectivity index (χ3v) is 13.9. The van der Waals surface area contributed by atoms with E-state index in [1.54, 1.807) is 0 Å². The summed E-state index contributed by atoms with van der Waals surface area (Å²) in [7, 11) is -6.67. The van der Waals surface area contributed by atoms with Gasteiger partial charge in [-0.1, -0.05) is 70.2 Å². The third-order valence-electron chi connectivity index (χ3n) is 13.9. The number of H-pyrrole nitrogens is 2. The van der Waals surface area contributed by atoms with Gasteiger partial charge in [-0.25, -0.2) is 28.7 Å². The summed E-state index contributed by atoms with van der Waals surface area (Å²) in [5.41, 5.74) is 11.5. The van der Waals surface area contributed by atoms with Crippen LogP contribution in [-0.2, 0) is 28.2 Å². The Morgan fingerprint density at radius 2 is 1.10 bits per heavy atom. The summed E-state index contributed by atoms with van der Waals surface area (Å²) in [6.45, 7) is 8.88. The van der Waals surface area contributed by atoms with Crippen LogP contribution in [0.25, 0.3) is 44.5 Å². The quantitative estimate of drug-likeness (QED) is 0.0603. The maximum Gasteiger partial charge on any atom is 0.466 e. The second-order valence-electron chi connectivity index (χ2n) is 19.4. The van der Waals surface area contributed by atoms with Crippen molar-refractivity contribution in [3.8, 4) is 33.5 Å². The number of ether oxygens (including phenoxy) is 2. The van der Waals surface area contributed by atoms with Gasteiger partial charge in [0.25, 0.3) is 0 Å². The number of aromatic amines is 2. The van der Waals surface area contributed by atoms with E-state index in [1.807, 2.05) is 43.7 Å². The largest absolute Gasteiger partial charge is 0.466 e. The maximum atomic E-state index is 13.8. The molecule has 4 heterocycles. The number of hydrogen-bond donors (Lipinski definition) is 10. The average molecular weight is 1050 g/mol. The van der Waals surface area contributed by atoms with E-state index in [9.17, 15) is 19.2 Å². The third kappa shape index (κ3) is 13.1. The summed E-state index contributed by atoms with van der Waals surface area (Å²) in [5, 5.41) is 5.46. The standard InChI is InChI=1S/C49H58N8O6.2H3O4P/c1-26(2)42(54-48(60)62-5)46(58)56-21-7-9-38(56)44-50-25-37(53-44)29-13-11-28(12-14-29)33-18-19-34(41-32-16-15-31(23-32)40(33)41)30-17-20-35-36(24-30)52-45(51-35)39-10-8-22-57(39)47(59)43(27(3)4)55-49(61)63-6;2*1-5(2,3)4/h11-14,17-20,24-27,31-32,38-39,42-43H,7-10,15-16,21-23H2,1-6H3,(H,50,53)(H,51,52)(H,54,60)(H,55,61);2*(H3,1,2,3,4)/t31-,32+,38+,39+,42+,43+;;/m1../s1. The minimum Gasteiger partial charge on any atom is -0.453 e. The molecule has 2 bridgehead atoms. The molecule has 10 N–H and O–H groups in total. The zero-order chi connectivity index (χ0) is 53.1. The molecule has 1 saturated carbocycles. The summed E-state index contributed by atoms with van der Waals surface area (Å²) in [6, 6.07) is 18.0. The zero-order valence-electron chi connectivity index (χ0n) is 41.4. The predicted molar refractivity (Wildman–Crippen MR) is 268 cm³/mol. The van der Waals surface area contributed by atoms with Gasteiger partial charge in [0.05, 0.1) is 49.2 Å². The van der Waals surface area contributed by atoms with Gasteiger partial charge in [0.1, 0.15) is 23.7 Å². The molecule has 5 aromatic rings. The first-order valence-electron chi connectivity index (χ1n) is 24.1. The predicted octanol–water partition coefficient (Wildman–Crippen LogP) is 6.88. The molecule has 2 aliphatic carbocycles. The van der Waals surface area contributed by atoms with Crippen LogP contribution in [-0.4, -0.2) is 122 Å². The summed E-state index contributed by atoms with van der Waals surface area (Å²) in [5.74, 6) is 2.11. The van der Waals surface area contributed by atoms with E-state index < -0.39 is 39.9 Å². The first kappa shape index (κ1) is 54.8. The molecule has 2 saturated heterocycles. The van der Waals surface area contributed by atoms with Crippen molar-refractivity contribution in [1.29, 1.82) is 0 Å². The Hall–Kier alpha value is -5.96. The first-order valence-corrected chi connectivity index (χ1v) is 27.3. The highest BCUT2D eigenvalue weighted by Crippen LogP contribution is 2.58. The van der Waals surface area contributed by atoms with Crippen LogP contribution in [0.3, 0.4) is 0 Å². The number of phosphoric acid groups is 2.